The van der Waals surface area contributed by atoms with E-state index in [1.807, 2.05) is 13.8 Å². The van der Waals surface area contributed by atoms with Crippen molar-refractivity contribution in [2.75, 3.05) is 0 Å². The second-order valence-electron chi connectivity index (χ2n) is 2.05. The zero-order chi connectivity index (χ0) is 8.69. The molecule has 0 aromatic heterocycles. The van der Waals surface area contributed by atoms with Gasteiger partial charge < -0.3 is 0 Å². The quantitative estimate of drug-likeness (QED) is 0.566. The minimum atomic E-state index is 1.12. The fourth-order valence-electron chi connectivity index (χ4n) is 0.856. The van der Waals surface area contributed by atoms with Crippen molar-refractivity contribution in [1.29, 1.82) is 0 Å². The molecular formula is C10H17P. The van der Waals surface area contributed by atoms with Gasteiger partial charge in [-0.2, -0.15) is 0 Å². The number of aryl methyl sites for hydroxylation is 1. The monoisotopic (exact) mass is 168 g/mol. The van der Waals surface area contributed by atoms with Crippen LogP contribution in [-0.4, -0.2) is 0 Å². The topological polar surface area (TPSA) is 0 Å². The normalized spacial score (nSPS) is 8.36. The molecule has 1 rings (SSSR count). The Morgan fingerprint density at radius 1 is 1.18 bits per heavy atom. The van der Waals surface area contributed by atoms with Gasteiger partial charge in [-0.05, 0) is 17.3 Å². The summed E-state index contributed by atoms with van der Waals surface area (Å²) in [7, 11) is 2.73. The molecule has 0 heterocycles. The van der Waals surface area contributed by atoms with Crippen LogP contribution in [0, 0.1) is 0 Å². The largest absolute Gasteiger partial charge is 0.105 e. The number of rotatable bonds is 1. The molecule has 62 valence electrons. The van der Waals surface area contributed by atoms with Gasteiger partial charge >= 0.3 is 0 Å². The molecule has 0 saturated carbocycles. The Labute approximate surface area is 72.2 Å². The van der Waals surface area contributed by atoms with E-state index in [0.29, 0.717) is 0 Å². The Kier molecular flexibility index (Phi) is 6.16. The van der Waals surface area contributed by atoms with Crippen molar-refractivity contribution < 1.29 is 0 Å². The molecule has 0 bridgehead atoms. The Morgan fingerprint density at radius 2 is 1.73 bits per heavy atom. The molecular weight excluding hydrogens is 151 g/mol. The lowest BCUT2D eigenvalue weighted by Crippen LogP contribution is -1.97. The fraction of sp³-hybridized carbons (Fsp3) is 0.400. The van der Waals surface area contributed by atoms with Gasteiger partial charge in [-0.1, -0.05) is 45.0 Å². The summed E-state index contributed by atoms with van der Waals surface area (Å²) < 4.78 is 0. The Balaban J connectivity index is 0.000000461. The predicted octanol–water partition coefficient (Wildman–Crippen LogP) is 2.78. The molecule has 1 atom stereocenters. The second-order valence-corrected chi connectivity index (χ2v) is 2.67. The molecule has 0 nitrogen and oxygen atoms in total. The van der Waals surface area contributed by atoms with Gasteiger partial charge in [0.15, 0.2) is 0 Å². The lowest BCUT2D eigenvalue weighted by atomic mass is 10.2. The van der Waals surface area contributed by atoms with Gasteiger partial charge in [0.25, 0.3) is 0 Å². The highest BCUT2D eigenvalue weighted by Crippen LogP contribution is 1.99. The van der Waals surface area contributed by atoms with E-state index in [0.717, 1.165) is 6.42 Å². The van der Waals surface area contributed by atoms with Gasteiger partial charge in [-0.3, -0.25) is 0 Å². The summed E-state index contributed by atoms with van der Waals surface area (Å²) in [6.07, 6.45) is 1.12. The summed E-state index contributed by atoms with van der Waals surface area (Å²) in [4.78, 5) is 0. The van der Waals surface area contributed by atoms with Crippen LogP contribution < -0.4 is 5.30 Å². The van der Waals surface area contributed by atoms with Crippen molar-refractivity contribution in [3.8, 4) is 0 Å². The molecule has 0 fully saturated rings. The van der Waals surface area contributed by atoms with Crippen molar-refractivity contribution in [3.05, 3.63) is 29.8 Å². The van der Waals surface area contributed by atoms with E-state index in [1.165, 1.54) is 10.9 Å². The van der Waals surface area contributed by atoms with Gasteiger partial charge in [0, 0.05) is 0 Å². The SMILES string of the molecule is CC.CCc1ccccc1P. The first-order valence-corrected chi connectivity index (χ1v) is 4.75. The Hall–Kier alpha value is -0.350. The van der Waals surface area contributed by atoms with Crippen molar-refractivity contribution in [1.82, 2.24) is 0 Å². The molecule has 1 aromatic rings. The minimum Gasteiger partial charge on any atom is -0.105 e. The molecule has 1 unspecified atom stereocenters. The van der Waals surface area contributed by atoms with Crippen LogP contribution >= 0.6 is 9.24 Å². The van der Waals surface area contributed by atoms with Crippen LogP contribution in [-0.2, 0) is 6.42 Å². The minimum absolute atomic E-state index is 1.12. The zero-order valence-corrected chi connectivity index (χ0v) is 8.75. The molecule has 0 aliphatic heterocycles. The summed E-state index contributed by atoms with van der Waals surface area (Å²) in [5.74, 6) is 0. The van der Waals surface area contributed by atoms with E-state index >= 15 is 0 Å². The highest BCUT2D eigenvalue weighted by molar-refractivity contribution is 7.27. The molecule has 0 spiro atoms. The van der Waals surface area contributed by atoms with Gasteiger partial charge in [-0.25, -0.2) is 0 Å². The maximum absolute atomic E-state index is 2.73. The molecule has 1 heteroatoms. The lowest BCUT2D eigenvalue weighted by molar-refractivity contribution is 1.16. The third-order valence-corrected chi connectivity index (χ3v) is 2.00. The Bertz CT molecular complexity index is 194. The number of benzene rings is 1. The average Bonchev–Trinajstić information content (AvgIpc) is 2.09. The summed E-state index contributed by atoms with van der Waals surface area (Å²) in [5.41, 5.74) is 1.42. The van der Waals surface area contributed by atoms with E-state index < -0.39 is 0 Å². The van der Waals surface area contributed by atoms with Gasteiger partial charge in [0.05, 0.1) is 0 Å². The number of hydrogen-bond donors (Lipinski definition) is 0. The molecule has 1 aromatic carbocycles. The van der Waals surface area contributed by atoms with E-state index in [4.69, 9.17) is 0 Å². The first-order valence-electron chi connectivity index (χ1n) is 4.18. The van der Waals surface area contributed by atoms with Crippen molar-refractivity contribution in [2.24, 2.45) is 0 Å². The van der Waals surface area contributed by atoms with E-state index in [-0.39, 0.29) is 0 Å². The fourth-order valence-corrected chi connectivity index (χ4v) is 1.27. The van der Waals surface area contributed by atoms with Crippen LogP contribution in [0.5, 0.6) is 0 Å². The van der Waals surface area contributed by atoms with Gasteiger partial charge in [0.2, 0.25) is 0 Å². The first kappa shape index (κ1) is 10.7. The molecule has 0 saturated heterocycles. The lowest BCUT2D eigenvalue weighted by Gasteiger charge is -1.98. The van der Waals surface area contributed by atoms with Crippen molar-refractivity contribution >= 4 is 14.5 Å². The zero-order valence-electron chi connectivity index (χ0n) is 7.59. The van der Waals surface area contributed by atoms with Crippen molar-refractivity contribution in [3.63, 3.8) is 0 Å². The highest BCUT2D eigenvalue weighted by Gasteiger charge is 1.89. The van der Waals surface area contributed by atoms with Crippen molar-refractivity contribution in [2.45, 2.75) is 27.2 Å². The van der Waals surface area contributed by atoms with E-state index in [2.05, 4.69) is 40.4 Å². The summed E-state index contributed by atoms with van der Waals surface area (Å²) in [6.45, 7) is 6.17. The smallest absolute Gasteiger partial charge is 0.0271 e. The van der Waals surface area contributed by atoms with Crippen LogP contribution in [0.3, 0.4) is 0 Å². The van der Waals surface area contributed by atoms with Crippen LogP contribution in [0.25, 0.3) is 0 Å². The third kappa shape index (κ3) is 3.53. The second kappa shape index (κ2) is 6.37. The molecule has 0 amide bonds. The highest BCUT2D eigenvalue weighted by atomic mass is 31.0. The third-order valence-electron chi connectivity index (χ3n) is 1.44. The van der Waals surface area contributed by atoms with Crippen LogP contribution in [0.15, 0.2) is 24.3 Å². The molecule has 0 N–H and O–H groups in total. The Morgan fingerprint density at radius 3 is 2.09 bits per heavy atom. The van der Waals surface area contributed by atoms with Crippen LogP contribution in [0.1, 0.15) is 26.3 Å². The van der Waals surface area contributed by atoms with Crippen LogP contribution in [0.2, 0.25) is 0 Å². The predicted molar refractivity (Wildman–Crippen MR) is 56.5 cm³/mol. The van der Waals surface area contributed by atoms with E-state index in [1.54, 1.807) is 0 Å². The average molecular weight is 168 g/mol. The van der Waals surface area contributed by atoms with E-state index in [9.17, 15) is 0 Å². The first-order chi connectivity index (χ1) is 5.34. The number of hydrogen-bond acceptors (Lipinski definition) is 0. The van der Waals surface area contributed by atoms with Gasteiger partial charge in [0.1, 0.15) is 0 Å². The molecule has 0 aliphatic rings. The summed E-state index contributed by atoms with van der Waals surface area (Å²) in [5, 5.41) is 1.32. The standard InChI is InChI=1S/C8H11P.C2H6/c1-2-7-5-3-4-6-8(7)9;1-2/h3-6H,2,9H2,1H3;1-2H3. The maximum atomic E-state index is 2.73. The molecule has 0 aliphatic carbocycles. The van der Waals surface area contributed by atoms with Crippen LogP contribution in [0.4, 0.5) is 0 Å². The molecule has 11 heavy (non-hydrogen) atoms. The summed E-state index contributed by atoms with van der Waals surface area (Å²) >= 11 is 0. The summed E-state index contributed by atoms with van der Waals surface area (Å²) in [6, 6.07) is 8.40. The van der Waals surface area contributed by atoms with Gasteiger partial charge in [-0.15, -0.1) is 9.24 Å². The maximum Gasteiger partial charge on any atom is -0.0271 e. The molecule has 0 radical (unpaired) electrons.